The fraction of sp³-hybridized carbons (Fsp3) is 0.870. The number of aliphatic carboxylic acids is 1. The van der Waals surface area contributed by atoms with E-state index in [1.165, 1.54) is 6.08 Å². The van der Waals surface area contributed by atoms with Gasteiger partial charge in [-0.3, -0.25) is 4.79 Å². The summed E-state index contributed by atoms with van der Waals surface area (Å²) in [5.41, 5.74) is 0. The summed E-state index contributed by atoms with van der Waals surface area (Å²) in [6.07, 6.45) is 0.306. The second-order valence-corrected chi connectivity index (χ2v) is 11.0. The molecule has 0 bridgehead atoms. The molecule has 0 aromatic heterocycles. The average Bonchev–Trinajstić information content (AvgIpc) is 3.27. The summed E-state index contributed by atoms with van der Waals surface area (Å²) in [4.78, 5) is 11.0. The smallest absolute Gasteiger partial charge is 0.394 e. The van der Waals surface area contributed by atoms with Gasteiger partial charge in [-0.25, -0.2) is 0 Å². The van der Waals surface area contributed by atoms with E-state index in [9.17, 15) is 28.2 Å². The first-order valence-electron chi connectivity index (χ1n) is 11.6. The lowest BCUT2D eigenvalue weighted by atomic mass is 9.84. The van der Waals surface area contributed by atoms with Gasteiger partial charge in [-0.15, -0.1) is 0 Å². The van der Waals surface area contributed by atoms with Crippen LogP contribution in [0.3, 0.4) is 0 Å². The van der Waals surface area contributed by atoms with Crippen LogP contribution >= 0.6 is 22.6 Å². The zero-order valence-electron chi connectivity index (χ0n) is 18.7. The molecule has 0 spiro atoms. The van der Waals surface area contributed by atoms with Gasteiger partial charge in [-0.1, -0.05) is 61.4 Å². The van der Waals surface area contributed by atoms with Gasteiger partial charge in [0, 0.05) is 10.5 Å². The first-order valence-corrected chi connectivity index (χ1v) is 12.8. The van der Waals surface area contributed by atoms with Crippen molar-refractivity contribution in [1.29, 1.82) is 0 Å². The molecule has 1 heterocycles. The van der Waals surface area contributed by atoms with Crippen LogP contribution in [0.5, 0.6) is 0 Å². The molecule has 0 radical (unpaired) electrons. The second-order valence-electron chi connectivity index (χ2n) is 9.37. The maximum absolute atomic E-state index is 13.4. The van der Waals surface area contributed by atoms with E-state index in [2.05, 4.69) is 22.6 Å². The van der Waals surface area contributed by atoms with Crippen LogP contribution in [0.2, 0.25) is 0 Å². The van der Waals surface area contributed by atoms with Crippen LogP contribution in [0.1, 0.15) is 58.8 Å². The lowest BCUT2D eigenvalue weighted by Gasteiger charge is -2.25. The number of halogens is 4. The minimum absolute atomic E-state index is 0.0421. The molecule has 0 amide bonds. The zero-order chi connectivity index (χ0) is 24.1. The summed E-state index contributed by atoms with van der Waals surface area (Å²) in [6, 6.07) is 0. The maximum Gasteiger partial charge on any atom is 0.394 e. The SMILES string of the molecule is CCCC[C@H]([C@H](O)C=C[C@H]1[C@H](CO)C[C@@H]2O[C@@H]([C@H](I)CCC(C)C(=O)O)C[C@H]12)C(F)(F)F. The summed E-state index contributed by atoms with van der Waals surface area (Å²) in [5, 5.41) is 29.2. The lowest BCUT2D eigenvalue weighted by Crippen LogP contribution is -2.33. The summed E-state index contributed by atoms with van der Waals surface area (Å²) in [6.45, 7) is 3.43. The van der Waals surface area contributed by atoms with Gasteiger partial charge in [0.2, 0.25) is 0 Å². The van der Waals surface area contributed by atoms with Gasteiger partial charge in [0.1, 0.15) is 0 Å². The molecule has 186 valence electrons. The first-order chi connectivity index (χ1) is 15.0. The van der Waals surface area contributed by atoms with Crippen LogP contribution in [-0.4, -0.2) is 56.3 Å². The number of carbonyl (C=O) groups is 1. The number of aliphatic hydroxyl groups excluding tert-OH is 2. The Bertz CT molecular complexity index is 629. The van der Waals surface area contributed by atoms with Crippen molar-refractivity contribution in [3.63, 3.8) is 0 Å². The highest BCUT2D eigenvalue weighted by Crippen LogP contribution is 2.49. The molecular weight excluding hydrogens is 540 g/mol. The third-order valence-electron chi connectivity index (χ3n) is 7.07. The Kier molecular flexibility index (Phi) is 10.8. The Hall–Kier alpha value is -0.390. The van der Waals surface area contributed by atoms with Crippen molar-refractivity contribution in [2.45, 2.75) is 87.2 Å². The third-order valence-corrected chi connectivity index (χ3v) is 8.50. The molecular formula is C23H36F3IO5. The Morgan fingerprint density at radius 3 is 2.50 bits per heavy atom. The summed E-state index contributed by atoms with van der Waals surface area (Å²) in [7, 11) is 0. The molecule has 1 aliphatic carbocycles. The molecule has 1 saturated heterocycles. The van der Waals surface area contributed by atoms with Crippen molar-refractivity contribution < 1.29 is 38.0 Å². The summed E-state index contributed by atoms with van der Waals surface area (Å²) in [5.74, 6) is -3.19. The quantitative estimate of drug-likeness (QED) is 0.173. The monoisotopic (exact) mass is 576 g/mol. The summed E-state index contributed by atoms with van der Waals surface area (Å²) >= 11 is 2.29. The van der Waals surface area contributed by atoms with E-state index in [0.29, 0.717) is 32.1 Å². The molecule has 1 aliphatic heterocycles. The molecule has 0 aromatic rings. The van der Waals surface area contributed by atoms with Gasteiger partial charge >= 0.3 is 12.1 Å². The molecule has 32 heavy (non-hydrogen) atoms. The minimum Gasteiger partial charge on any atom is -0.481 e. The Morgan fingerprint density at radius 1 is 1.25 bits per heavy atom. The van der Waals surface area contributed by atoms with Crippen LogP contribution in [0.25, 0.3) is 0 Å². The van der Waals surface area contributed by atoms with Crippen LogP contribution < -0.4 is 0 Å². The van der Waals surface area contributed by atoms with Crippen LogP contribution in [0.15, 0.2) is 12.2 Å². The second kappa shape index (κ2) is 12.4. The molecule has 9 atom stereocenters. The molecule has 2 rings (SSSR count). The number of fused-ring (bicyclic) bond motifs is 1. The normalized spacial score (nSPS) is 32.1. The number of rotatable bonds is 12. The lowest BCUT2D eigenvalue weighted by molar-refractivity contribution is -0.195. The number of hydrogen-bond donors (Lipinski definition) is 3. The van der Waals surface area contributed by atoms with Crippen molar-refractivity contribution in [2.24, 2.45) is 29.6 Å². The van der Waals surface area contributed by atoms with Crippen LogP contribution in [0, 0.1) is 29.6 Å². The van der Waals surface area contributed by atoms with Gasteiger partial charge < -0.3 is 20.1 Å². The largest absolute Gasteiger partial charge is 0.481 e. The third kappa shape index (κ3) is 7.30. The fourth-order valence-electron chi connectivity index (χ4n) is 5.02. The topological polar surface area (TPSA) is 87.0 Å². The molecule has 2 fully saturated rings. The highest BCUT2D eigenvalue weighted by atomic mass is 127. The van der Waals surface area contributed by atoms with E-state index in [0.717, 1.165) is 6.42 Å². The van der Waals surface area contributed by atoms with Gasteiger partial charge in [0.15, 0.2) is 0 Å². The predicted octanol–water partition coefficient (Wildman–Crippen LogP) is 4.98. The molecule has 1 unspecified atom stereocenters. The van der Waals surface area contributed by atoms with Gasteiger partial charge in [0.05, 0.1) is 30.1 Å². The Balaban J connectivity index is 2.02. The van der Waals surface area contributed by atoms with E-state index < -0.39 is 30.1 Å². The van der Waals surface area contributed by atoms with Crippen molar-refractivity contribution >= 4 is 28.6 Å². The van der Waals surface area contributed by atoms with Crippen molar-refractivity contribution in [2.75, 3.05) is 6.61 Å². The number of allylic oxidation sites excluding steroid dienone is 1. The average molecular weight is 576 g/mol. The Labute approximate surface area is 201 Å². The van der Waals surface area contributed by atoms with E-state index in [1.807, 2.05) is 6.92 Å². The van der Waals surface area contributed by atoms with Crippen LogP contribution in [-0.2, 0) is 9.53 Å². The number of carboxylic acid groups (broad SMARTS) is 1. The van der Waals surface area contributed by atoms with Crippen molar-refractivity contribution in [1.82, 2.24) is 0 Å². The molecule has 5 nitrogen and oxygen atoms in total. The van der Waals surface area contributed by atoms with Gasteiger partial charge in [-0.05, 0) is 49.9 Å². The van der Waals surface area contributed by atoms with E-state index in [1.54, 1.807) is 13.0 Å². The number of aliphatic hydroxyl groups is 2. The van der Waals surface area contributed by atoms with E-state index in [4.69, 9.17) is 9.84 Å². The fourth-order valence-corrected chi connectivity index (χ4v) is 5.84. The molecule has 9 heteroatoms. The van der Waals surface area contributed by atoms with Crippen molar-refractivity contribution in [3.8, 4) is 0 Å². The standard InChI is InChI=1S/C23H36F3IO5/c1-3-4-5-17(23(24,25)26)19(29)9-7-15-14(12-28)10-20-16(15)11-21(32-20)18(27)8-6-13(2)22(30)31/h7,9,13-21,28-29H,3-6,8,10-12H2,1-2H3,(H,30,31)/t13?,14-,15-,16+,17+,18+,19+,20-,21+/m0/s1. The van der Waals surface area contributed by atoms with Gasteiger partial charge in [-0.2, -0.15) is 13.2 Å². The number of carboxylic acids is 1. The number of hydrogen-bond acceptors (Lipinski definition) is 4. The maximum atomic E-state index is 13.4. The highest BCUT2D eigenvalue weighted by Gasteiger charge is 2.50. The molecule has 0 aromatic carbocycles. The number of unbranched alkanes of at least 4 members (excludes halogenated alkanes) is 1. The minimum atomic E-state index is -4.46. The van der Waals surface area contributed by atoms with E-state index in [-0.39, 0.29) is 46.9 Å². The Morgan fingerprint density at radius 2 is 1.94 bits per heavy atom. The van der Waals surface area contributed by atoms with E-state index >= 15 is 0 Å². The summed E-state index contributed by atoms with van der Waals surface area (Å²) < 4.78 is 46.5. The molecule has 1 saturated carbocycles. The number of ether oxygens (including phenoxy) is 1. The van der Waals surface area contributed by atoms with Crippen molar-refractivity contribution in [3.05, 3.63) is 12.2 Å². The highest BCUT2D eigenvalue weighted by molar-refractivity contribution is 14.1. The van der Waals surface area contributed by atoms with Gasteiger partial charge in [0.25, 0.3) is 0 Å². The molecule has 3 N–H and O–H groups in total. The zero-order valence-corrected chi connectivity index (χ0v) is 20.8. The van der Waals surface area contributed by atoms with Crippen LogP contribution in [0.4, 0.5) is 13.2 Å². The number of alkyl halides is 4. The molecule has 2 aliphatic rings. The predicted molar refractivity (Wildman–Crippen MR) is 124 cm³/mol. The first kappa shape index (κ1) is 27.9.